The van der Waals surface area contributed by atoms with Gasteiger partial charge in [0.25, 0.3) is 5.91 Å². The van der Waals surface area contributed by atoms with Crippen LogP contribution in [0, 0.1) is 6.92 Å². The molecular weight excluding hydrogens is 400 g/mol. The number of hydrogen-bond donors (Lipinski definition) is 0. The molecule has 1 unspecified atom stereocenters. The van der Waals surface area contributed by atoms with E-state index in [0.717, 1.165) is 5.69 Å². The highest BCUT2D eigenvalue weighted by Crippen LogP contribution is 2.26. The Morgan fingerprint density at radius 2 is 1.82 bits per heavy atom. The molecule has 2 fully saturated rings. The average Bonchev–Trinajstić information content (AvgIpc) is 3.20. The molecule has 3 heterocycles. The summed E-state index contributed by atoms with van der Waals surface area (Å²) >= 11 is 6.52. The monoisotopic (exact) mass is 422 g/mol. The molecule has 0 N–H and O–H groups in total. The number of para-hydroxylation sites is 1. The summed E-state index contributed by atoms with van der Waals surface area (Å²) in [5, 5.41) is 4.77. The largest absolute Gasteiger partial charge is 0.336 e. The van der Waals surface area contributed by atoms with Crippen molar-refractivity contribution in [2.24, 2.45) is 0 Å². The zero-order chi connectivity index (χ0) is 19.9. The number of nitrogens with zero attached hydrogens (tertiary/aromatic N) is 4. The number of hydrogen-bond acceptors (Lipinski definition) is 5. The lowest BCUT2D eigenvalue weighted by Gasteiger charge is -2.37. The van der Waals surface area contributed by atoms with Gasteiger partial charge in [0.15, 0.2) is 9.84 Å². The number of sulfone groups is 1. The van der Waals surface area contributed by atoms with Crippen molar-refractivity contribution in [2.45, 2.75) is 19.4 Å². The van der Waals surface area contributed by atoms with Crippen molar-refractivity contribution in [1.29, 1.82) is 0 Å². The van der Waals surface area contributed by atoms with Crippen LogP contribution in [0.15, 0.2) is 30.3 Å². The van der Waals surface area contributed by atoms with E-state index >= 15 is 0 Å². The van der Waals surface area contributed by atoms with E-state index in [1.165, 1.54) is 0 Å². The molecule has 0 aliphatic carbocycles. The fourth-order valence-corrected chi connectivity index (χ4v) is 6.11. The lowest BCUT2D eigenvalue weighted by molar-refractivity contribution is 0.0587. The Morgan fingerprint density at radius 3 is 2.43 bits per heavy atom. The Bertz CT molecular complexity index is 982. The first-order valence-electron chi connectivity index (χ1n) is 9.40. The molecule has 0 saturated carbocycles. The highest BCUT2D eigenvalue weighted by Gasteiger charge is 2.35. The third-order valence-corrected chi connectivity index (χ3v) is 7.64. The number of carbonyl (C=O) groups excluding carboxylic acids is 1. The molecule has 4 rings (SSSR count). The van der Waals surface area contributed by atoms with Crippen LogP contribution in [0.3, 0.4) is 0 Å². The van der Waals surface area contributed by atoms with Gasteiger partial charge in [-0.25, -0.2) is 13.1 Å². The molecule has 1 amide bonds. The lowest BCUT2D eigenvalue weighted by Crippen LogP contribution is -2.52. The van der Waals surface area contributed by atoms with Crippen molar-refractivity contribution in [3.63, 3.8) is 0 Å². The van der Waals surface area contributed by atoms with Crippen molar-refractivity contribution in [3.8, 4) is 5.69 Å². The number of benzene rings is 1. The van der Waals surface area contributed by atoms with E-state index in [2.05, 4.69) is 10.00 Å². The molecule has 0 bridgehead atoms. The Labute approximate surface area is 169 Å². The first-order chi connectivity index (χ1) is 13.4. The number of amides is 1. The van der Waals surface area contributed by atoms with Gasteiger partial charge in [-0.15, -0.1) is 0 Å². The minimum absolute atomic E-state index is 0.0772. The predicted molar refractivity (Wildman–Crippen MR) is 108 cm³/mol. The maximum atomic E-state index is 13.1. The third-order valence-electron chi connectivity index (χ3n) is 5.54. The van der Waals surface area contributed by atoms with Crippen LogP contribution in [0.1, 0.15) is 22.5 Å². The van der Waals surface area contributed by atoms with Gasteiger partial charge in [-0.05, 0) is 25.5 Å². The molecule has 28 heavy (non-hydrogen) atoms. The fourth-order valence-electron chi connectivity index (χ4n) is 3.99. The SMILES string of the molecule is Cc1nn(-c2ccccc2)c(Cl)c1C(=O)N1CCN(C2CCS(=O)(=O)C2)CC1. The summed E-state index contributed by atoms with van der Waals surface area (Å²) in [5.41, 5.74) is 1.84. The molecule has 1 aromatic heterocycles. The van der Waals surface area contributed by atoms with Gasteiger partial charge in [0.2, 0.25) is 0 Å². The minimum Gasteiger partial charge on any atom is -0.336 e. The quantitative estimate of drug-likeness (QED) is 0.753. The standard InChI is InChI=1S/C19H23ClN4O3S/c1-14-17(18(20)24(21-14)15-5-3-2-4-6-15)19(25)23-10-8-22(9-11-23)16-7-12-28(26,27)13-16/h2-6,16H,7-13H2,1H3. The summed E-state index contributed by atoms with van der Waals surface area (Å²) in [6.07, 6.45) is 0.686. The molecule has 0 spiro atoms. The molecule has 150 valence electrons. The van der Waals surface area contributed by atoms with Gasteiger partial charge in [0, 0.05) is 32.2 Å². The molecule has 2 saturated heterocycles. The molecule has 0 radical (unpaired) electrons. The van der Waals surface area contributed by atoms with Crippen LogP contribution in [0.5, 0.6) is 0 Å². The van der Waals surface area contributed by atoms with Gasteiger partial charge < -0.3 is 4.90 Å². The van der Waals surface area contributed by atoms with Gasteiger partial charge in [0.05, 0.1) is 28.5 Å². The molecule has 7 nitrogen and oxygen atoms in total. The van der Waals surface area contributed by atoms with Gasteiger partial charge in [0.1, 0.15) is 5.15 Å². The van der Waals surface area contributed by atoms with Gasteiger partial charge in [-0.2, -0.15) is 5.10 Å². The van der Waals surface area contributed by atoms with Crippen molar-refractivity contribution in [3.05, 3.63) is 46.7 Å². The van der Waals surface area contributed by atoms with Crippen LogP contribution in [0.2, 0.25) is 5.15 Å². The average molecular weight is 423 g/mol. The number of aryl methyl sites for hydroxylation is 1. The number of piperazine rings is 1. The zero-order valence-corrected chi connectivity index (χ0v) is 17.3. The summed E-state index contributed by atoms with van der Waals surface area (Å²) in [7, 11) is -2.90. The molecular formula is C19H23ClN4O3S. The second-order valence-electron chi connectivity index (χ2n) is 7.38. The molecule has 1 aromatic carbocycles. The number of carbonyl (C=O) groups is 1. The fraction of sp³-hybridized carbons (Fsp3) is 0.474. The van der Waals surface area contributed by atoms with E-state index in [1.807, 2.05) is 30.3 Å². The first kappa shape index (κ1) is 19.4. The molecule has 9 heteroatoms. The van der Waals surface area contributed by atoms with Crippen LogP contribution in [0.25, 0.3) is 5.69 Å². The Balaban J connectivity index is 1.47. The van der Waals surface area contributed by atoms with Crippen molar-refractivity contribution >= 4 is 27.3 Å². The van der Waals surface area contributed by atoms with Crippen LogP contribution >= 0.6 is 11.6 Å². The number of aromatic nitrogens is 2. The summed E-state index contributed by atoms with van der Waals surface area (Å²) < 4.78 is 25.0. The number of rotatable bonds is 3. The van der Waals surface area contributed by atoms with Crippen LogP contribution in [-0.2, 0) is 9.84 Å². The lowest BCUT2D eigenvalue weighted by atomic mass is 10.1. The van der Waals surface area contributed by atoms with Crippen molar-refractivity contribution in [1.82, 2.24) is 19.6 Å². The number of halogens is 1. The van der Waals surface area contributed by atoms with E-state index in [1.54, 1.807) is 16.5 Å². The zero-order valence-electron chi connectivity index (χ0n) is 15.7. The maximum Gasteiger partial charge on any atom is 0.258 e. The van der Waals surface area contributed by atoms with Crippen molar-refractivity contribution < 1.29 is 13.2 Å². The molecule has 2 aliphatic rings. The topological polar surface area (TPSA) is 75.5 Å². The second-order valence-corrected chi connectivity index (χ2v) is 9.97. The van der Waals surface area contributed by atoms with Gasteiger partial charge in [-0.1, -0.05) is 29.8 Å². The Morgan fingerprint density at radius 1 is 1.14 bits per heavy atom. The van der Waals surface area contributed by atoms with Gasteiger partial charge in [-0.3, -0.25) is 9.69 Å². The Hall–Kier alpha value is -1.90. The normalized spacial score (nSPS) is 22.5. The van der Waals surface area contributed by atoms with Crippen LogP contribution in [-0.4, -0.2) is 77.6 Å². The third kappa shape index (κ3) is 3.68. The van der Waals surface area contributed by atoms with E-state index in [0.29, 0.717) is 49.0 Å². The molecule has 2 aliphatic heterocycles. The van der Waals surface area contributed by atoms with E-state index in [9.17, 15) is 13.2 Å². The maximum absolute atomic E-state index is 13.1. The summed E-state index contributed by atoms with van der Waals surface area (Å²) in [6, 6.07) is 9.56. The predicted octanol–water partition coefficient (Wildman–Crippen LogP) is 1.78. The molecule has 2 aromatic rings. The van der Waals surface area contributed by atoms with Crippen molar-refractivity contribution in [2.75, 3.05) is 37.7 Å². The summed E-state index contributed by atoms with van der Waals surface area (Å²) in [6.45, 7) is 4.26. The highest BCUT2D eigenvalue weighted by atomic mass is 35.5. The van der Waals surface area contributed by atoms with E-state index < -0.39 is 9.84 Å². The first-order valence-corrected chi connectivity index (χ1v) is 11.6. The minimum atomic E-state index is -2.90. The van der Waals surface area contributed by atoms with Crippen LogP contribution < -0.4 is 0 Å². The summed E-state index contributed by atoms with van der Waals surface area (Å²) in [4.78, 5) is 17.1. The highest BCUT2D eigenvalue weighted by molar-refractivity contribution is 7.91. The molecule has 1 atom stereocenters. The smallest absolute Gasteiger partial charge is 0.258 e. The second kappa shape index (κ2) is 7.50. The van der Waals surface area contributed by atoms with E-state index in [-0.39, 0.29) is 23.5 Å². The van der Waals surface area contributed by atoms with Gasteiger partial charge >= 0.3 is 0 Å². The van der Waals surface area contributed by atoms with Crippen LogP contribution in [0.4, 0.5) is 0 Å². The van der Waals surface area contributed by atoms with E-state index in [4.69, 9.17) is 11.6 Å². The Kier molecular flexibility index (Phi) is 5.20. The summed E-state index contributed by atoms with van der Waals surface area (Å²) in [5.74, 6) is 0.378.